The van der Waals surface area contributed by atoms with Gasteiger partial charge in [0, 0.05) is 0 Å². The lowest BCUT2D eigenvalue weighted by molar-refractivity contribution is 0.0233. The monoisotopic (exact) mass is 189 g/mol. The first-order valence-electron chi connectivity index (χ1n) is 4.98. The summed E-state index contributed by atoms with van der Waals surface area (Å²) in [5.41, 5.74) is 0. The Morgan fingerprint density at radius 1 is 1.15 bits per heavy atom. The molecular formula is C10H23NO2. The van der Waals surface area contributed by atoms with Gasteiger partial charge in [0.15, 0.2) is 0 Å². The quantitative estimate of drug-likeness (QED) is 0.569. The third-order valence-corrected chi connectivity index (χ3v) is 3.05. The minimum absolute atomic E-state index is 0.141. The van der Waals surface area contributed by atoms with Gasteiger partial charge in [-0.25, -0.2) is 0 Å². The molecule has 0 radical (unpaired) electrons. The highest BCUT2D eigenvalue weighted by Gasteiger charge is 2.23. The van der Waals surface area contributed by atoms with Crippen LogP contribution in [0.4, 0.5) is 0 Å². The van der Waals surface area contributed by atoms with Crippen LogP contribution >= 0.6 is 0 Å². The van der Waals surface area contributed by atoms with Gasteiger partial charge in [0.1, 0.15) is 0 Å². The lowest BCUT2D eigenvalue weighted by atomic mass is 9.82. The third kappa shape index (κ3) is 4.07. The number of aliphatic hydroxyl groups excluding tert-OH is 2. The zero-order valence-corrected chi connectivity index (χ0v) is 9.12. The van der Waals surface area contributed by atoms with Crippen LogP contribution in [-0.4, -0.2) is 36.5 Å². The Morgan fingerprint density at radius 3 is 2.08 bits per heavy atom. The number of aliphatic hydroxyl groups is 2. The molecule has 0 fully saturated rings. The van der Waals surface area contributed by atoms with Crippen molar-refractivity contribution in [2.24, 2.45) is 17.8 Å². The summed E-state index contributed by atoms with van der Waals surface area (Å²) in [5.74, 6) is 1.07. The molecule has 0 spiro atoms. The summed E-state index contributed by atoms with van der Waals surface area (Å²) < 4.78 is 0. The molecule has 0 aromatic carbocycles. The van der Waals surface area contributed by atoms with Gasteiger partial charge in [0.05, 0.1) is 12.7 Å². The standard InChI is InChI=1S/C10H23NO2/c1-7(5-11-4)8(2)9(3)10(13)6-12/h7-13H,5-6H2,1-4H3/t7-,8+,9-,10+/m0/s1. The van der Waals surface area contributed by atoms with E-state index in [1.807, 2.05) is 14.0 Å². The molecule has 0 aromatic heterocycles. The van der Waals surface area contributed by atoms with Gasteiger partial charge in [-0.15, -0.1) is 0 Å². The van der Waals surface area contributed by atoms with Gasteiger partial charge in [0.2, 0.25) is 0 Å². The Labute approximate surface area is 81.2 Å². The topological polar surface area (TPSA) is 52.5 Å². The maximum atomic E-state index is 9.44. The second-order valence-electron chi connectivity index (χ2n) is 4.00. The molecule has 0 amide bonds. The second-order valence-corrected chi connectivity index (χ2v) is 4.00. The molecule has 0 aliphatic rings. The summed E-state index contributed by atoms with van der Waals surface area (Å²) in [6, 6.07) is 0. The molecule has 0 saturated heterocycles. The molecule has 0 bridgehead atoms. The number of hydrogen-bond donors (Lipinski definition) is 3. The van der Waals surface area contributed by atoms with Crippen LogP contribution in [0, 0.1) is 17.8 Å². The highest BCUT2D eigenvalue weighted by Crippen LogP contribution is 2.22. The van der Waals surface area contributed by atoms with Crippen molar-refractivity contribution in [3.05, 3.63) is 0 Å². The van der Waals surface area contributed by atoms with Gasteiger partial charge >= 0.3 is 0 Å². The Morgan fingerprint density at radius 2 is 1.69 bits per heavy atom. The van der Waals surface area contributed by atoms with Gasteiger partial charge < -0.3 is 15.5 Å². The van der Waals surface area contributed by atoms with E-state index in [4.69, 9.17) is 5.11 Å². The van der Waals surface area contributed by atoms with Crippen LogP contribution in [0.2, 0.25) is 0 Å². The highest BCUT2D eigenvalue weighted by atomic mass is 16.3. The fraction of sp³-hybridized carbons (Fsp3) is 1.00. The van der Waals surface area contributed by atoms with Crippen LogP contribution in [0.3, 0.4) is 0 Å². The van der Waals surface area contributed by atoms with Crippen LogP contribution in [-0.2, 0) is 0 Å². The minimum Gasteiger partial charge on any atom is -0.394 e. The molecule has 0 rings (SSSR count). The van der Waals surface area contributed by atoms with Gasteiger partial charge in [-0.3, -0.25) is 0 Å². The number of hydrogen-bond acceptors (Lipinski definition) is 3. The zero-order chi connectivity index (χ0) is 10.4. The van der Waals surface area contributed by atoms with E-state index >= 15 is 0 Å². The van der Waals surface area contributed by atoms with Crippen molar-refractivity contribution in [3.8, 4) is 0 Å². The number of rotatable bonds is 6. The smallest absolute Gasteiger partial charge is 0.0799 e. The van der Waals surface area contributed by atoms with Crippen molar-refractivity contribution >= 4 is 0 Å². The number of nitrogens with one attached hydrogen (secondary N) is 1. The second kappa shape index (κ2) is 6.35. The van der Waals surface area contributed by atoms with Crippen molar-refractivity contribution in [1.82, 2.24) is 5.32 Å². The lowest BCUT2D eigenvalue weighted by Gasteiger charge is -2.28. The first-order valence-corrected chi connectivity index (χ1v) is 4.98. The fourth-order valence-corrected chi connectivity index (χ4v) is 1.54. The van der Waals surface area contributed by atoms with Crippen LogP contribution in [0.15, 0.2) is 0 Å². The first kappa shape index (κ1) is 12.9. The van der Waals surface area contributed by atoms with E-state index in [1.54, 1.807) is 0 Å². The van der Waals surface area contributed by atoms with Crippen molar-refractivity contribution in [2.75, 3.05) is 20.2 Å². The summed E-state index contributed by atoms with van der Waals surface area (Å²) in [7, 11) is 1.93. The summed E-state index contributed by atoms with van der Waals surface area (Å²) in [6.45, 7) is 7.06. The van der Waals surface area contributed by atoms with Crippen molar-refractivity contribution < 1.29 is 10.2 Å². The molecule has 3 nitrogen and oxygen atoms in total. The average molecular weight is 189 g/mol. The predicted molar refractivity (Wildman–Crippen MR) is 54.5 cm³/mol. The van der Waals surface area contributed by atoms with Crippen molar-refractivity contribution in [2.45, 2.75) is 26.9 Å². The highest BCUT2D eigenvalue weighted by molar-refractivity contribution is 4.74. The van der Waals surface area contributed by atoms with E-state index < -0.39 is 6.10 Å². The van der Waals surface area contributed by atoms with Crippen LogP contribution in [0.1, 0.15) is 20.8 Å². The maximum Gasteiger partial charge on any atom is 0.0799 e. The van der Waals surface area contributed by atoms with Crippen LogP contribution in [0.5, 0.6) is 0 Å². The summed E-state index contributed by atoms with van der Waals surface area (Å²) >= 11 is 0. The Balaban J connectivity index is 3.99. The van der Waals surface area contributed by atoms with Gasteiger partial charge in [-0.2, -0.15) is 0 Å². The van der Waals surface area contributed by atoms with E-state index in [0.29, 0.717) is 11.8 Å². The molecule has 0 heterocycles. The average Bonchev–Trinajstić information content (AvgIpc) is 2.14. The van der Waals surface area contributed by atoms with E-state index in [-0.39, 0.29) is 12.5 Å². The first-order chi connectivity index (χ1) is 6.04. The van der Waals surface area contributed by atoms with Crippen LogP contribution < -0.4 is 5.32 Å². The summed E-state index contributed by atoms with van der Waals surface area (Å²) in [5, 5.41) is 21.4. The zero-order valence-electron chi connectivity index (χ0n) is 9.12. The predicted octanol–water partition coefficient (Wildman–Crippen LogP) is 0.467. The molecule has 0 unspecified atom stereocenters. The molecule has 80 valence electrons. The molecule has 0 saturated carbocycles. The van der Waals surface area contributed by atoms with Gasteiger partial charge in [-0.05, 0) is 31.3 Å². The Hall–Kier alpha value is -0.120. The molecule has 0 aliphatic heterocycles. The van der Waals surface area contributed by atoms with E-state index in [1.165, 1.54) is 0 Å². The Kier molecular flexibility index (Phi) is 6.29. The molecule has 4 atom stereocenters. The molecule has 3 N–H and O–H groups in total. The summed E-state index contributed by atoms with van der Waals surface area (Å²) in [6.07, 6.45) is -0.589. The molecule has 3 heteroatoms. The maximum absolute atomic E-state index is 9.44. The van der Waals surface area contributed by atoms with Gasteiger partial charge in [0.25, 0.3) is 0 Å². The SMILES string of the molecule is CNC[C@H](C)[C@@H](C)[C@H](C)[C@H](O)CO. The van der Waals surface area contributed by atoms with E-state index in [9.17, 15) is 5.11 Å². The normalized spacial score (nSPS) is 20.8. The minimum atomic E-state index is -0.589. The lowest BCUT2D eigenvalue weighted by Crippen LogP contribution is -2.33. The molecule has 13 heavy (non-hydrogen) atoms. The molecular weight excluding hydrogens is 166 g/mol. The van der Waals surface area contributed by atoms with Crippen molar-refractivity contribution in [3.63, 3.8) is 0 Å². The van der Waals surface area contributed by atoms with Crippen LogP contribution in [0.25, 0.3) is 0 Å². The fourth-order valence-electron chi connectivity index (χ4n) is 1.54. The molecule has 0 aromatic rings. The Bertz CT molecular complexity index is 130. The van der Waals surface area contributed by atoms with E-state index in [2.05, 4.69) is 19.2 Å². The largest absolute Gasteiger partial charge is 0.394 e. The van der Waals surface area contributed by atoms with E-state index in [0.717, 1.165) is 6.54 Å². The summed E-state index contributed by atoms with van der Waals surface area (Å²) in [4.78, 5) is 0. The molecule has 0 aliphatic carbocycles. The third-order valence-electron chi connectivity index (χ3n) is 3.05. The van der Waals surface area contributed by atoms with Gasteiger partial charge in [-0.1, -0.05) is 20.8 Å². The van der Waals surface area contributed by atoms with Crippen molar-refractivity contribution in [1.29, 1.82) is 0 Å².